The second-order valence-electron chi connectivity index (χ2n) is 4.94. The van der Waals surface area contributed by atoms with E-state index in [4.69, 9.17) is 0 Å². The Bertz CT molecular complexity index is 167. The molecule has 0 aliphatic carbocycles. The number of rotatable bonds is 5. The summed E-state index contributed by atoms with van der Waals surface area (Å²) in [6.07, 6.45) is 2.13. The molecule has 1 fully saturated rings. The third kappa shape index (κ3) is 4.20. The van der Waals surface area contributed by atoms with Crippen molar-refractivity contribution in [1.82, 2.24) is 5.32 Å². The van der Waals surface area contributed by atoms with E-state index in [1.54, 1.807) is 0 Å². The SMILES string of the molecule is CC(C)CC(C)NCC1(O)CCSC1. The van der Waals surface area contributed by atoms with Gasteiger partial charge in [-0.05, 0) is 31.4 Å². The highest BCUT2D eigenvalue weighted by Gasteiger charge is 2.31. The van der Waals surface area contributed by atoms with Crippen molar-refractivity contribution in [3.63, 3.8) is 0 Å². The van der Waals surface area contributed by atoms with Gasteiger partial charge in [0.25, 0.3) is 0 Å². The normalized spacial score (nSPS) is 29.8. The van der Waals surface area contributed by atoms with Gasteiger partial charge in [-0.1, -0.05) is 13.8 Å². The molecule has 1 aliphatic heterocycles. The van der Waals surface area contributed by atoms with Gasteiger partial charge in [-0.3, -0.25) is 0 Å². The van der Waals surface area contributed by atoms with Crippen LogP contribution in [0.3, 0.4) is 0 Å². The molecule has 1 heterocycles. The van der Waals surface area contributed by atoms with Gasteiger partial charge >= 0.3 is 0 Å². The van der Waals surface area contributed by atoms with E-state index in [1.807, 2.05) is 11.8 Å². The average molecular weight is 217 g/mol. The van der Waals surface area contributed by atoms with Crippen LogP contribution in [-0.2, 0) is 0 Å². The molecular formula is C11H23NOS. The Morgan fingerprint density at radius 3 is 2.64 bits per heavy atom. The number of aliphatic hydroxyl groups is 1. The van der Waals surface area contributed by atoms with Gasteiger partial charge in [0, 0.05) is 18.3 Å². The summed E-state index contributed by atoms with van der Waals surface area (Å²) < 4.78 is 0. The van der Waals surface area contributed by atoms with Crippen molar-refractivity contribution >= 4 is 11.8 Å². The monoisotopic (exact) mass is 217 g/mol. The smallest absolute Gasteiger partial charge is 0.0869 e. The van der Waals surface area contributed by atoms with Crippen molar-refractivity contribution < 1.29 is 5.11 Å². The first kappa shape index (κ1) is 12.3. The number of hydrogen-bond acceptors (Lipinski definition) is 3. The van der Waals surface area contributed by atoms with Gasteiger partial charge < -0.3 is 10.4 Å². The number of hydrogen-bond donors (Lipinski definition) is 2. The molecule has 0 spiro atoms. The van der Waals surface area contributed by atoms with Crippen LogP contribution >= 0.6 is 11.8 Å². The Labute approximate surface area is 91.9 Å². The zero-order valence-electron chi connectivity index (χ0n) is 9.55. The topological polar surface area (TPSA) is 32.3 Å². The van der Waals surface area contributed by atoms with Crippen LogP contribution in [0.25, 0.3) is 0 Å². The largest absolute Gasteiger partial charge is 0.388 e. The van der Waals surface area contributed by atoms with Crippen LogP contribution < -0.4 is 5.32 Å². The van der Waals surface area contributed by atoms with Gasteiger partial charge in [-0.2, -0.15) is 11.8 Å². The Morgan fingerprint density at radius 1 is 1.43 bits per heavy atom. The van der Waals surface area contributed by atoms with E-state index in [9.17, 15) is 5.11 Å². The van der Waals surface area contributed by atoms with Gasteiger partial charge in [0.2, 0.25) is 0 Å². The lowest BCUT2D eigenvalue weighted by Crippen LogP contribution is -2.44. The second-order valence-corrected chi connectivity index (χ2v) is 6.04. The average Bonchev–Trinajstić information content (AvgIpc) is 2.49. The van der Waals surface area contributed by atoms with E-state index in [1.165, 1.54) is 6.42 Å². The molecule has 0 saturated carbocycles. The molecule has 0 aromatic carbocycles. The predicted octanol–water partition coefficient (Wildman–Crippen LogP) is 1.88. The Kier molecular flexibility index (Phi) is 4.74. The highest BCUT2D eigenvalue weighted by atomic mass is 32.2. The van der Waals surface area contributed by atoms with E-state index in [-0.39, 0.29) is 0 Å². The molecule has 0 aromatic rings. The molecule has 0 radical (unpaired) electrons. The summed E-state index contributed by atoms with van der Waals surface area (Å²) in [4.78, 5) is 0. The Balaban J connectivity index is 2.18. The van der Waals surface area contributed by atoms with E-state index in [0.717, 1.165) is 30.4 Å². The molecule has 0 aromatic heterocycles. The minimum absolute atomic E-state index is 0.435. The Hall–Kier alpha value is 0.270. The first-order valence-corrected chi connectivity index (χ1v) is 6.71. The fourth-order valence-corrected chi connectivity index (χ4v) is 3.19. The van der Waals surface area contributed by atoms with E-state index in [2.05, 4.69) is 26.1 Å². The number of thioether (sulfide) groups is 1. The third-order valence-corrected chi connectivity index (χ3v) is 3.92. The summed E-state index contributed by atoms with van der Waals surface area (Å²) in [6, 6.07) is 0.518. The molecule has 1 aliphatic rings. The maximum Gasteiger partial charge on any atom is 0.0869 e. The van der Waals surface area contributed by atoms with Gasteiger partial charge in [0.1, 0.15) is 0 Å². The van der Waals surface area contributed by atoms with Crippen molar-refractivity contribution in [3.05, 3.63) is 0 Å². The molecule has 3 heteroatoms. The fourth-order valence-electron chi connectivity index (χ4n) is 1.89. The van der Waals surface area contributed by atoms with Crippen molar-refractivity contribution in [1.29, 1.82) is 0 Å². The highest BCUT2D eigenvalue weighted by Crippen LogP contribution is 2.27. The van der Waals surface area contributed by atoms with Crippen molar-refractivity contribution in [2.75, 3.05) is 18.1 Å². The minimum Gasteiger partial charge on any atom is -0.388 e. The molecule has 0 amide bonds. The molecule has 2 nitrogen and oxygen atoms in total. The Morgan fingerprint density at radius 2 is 2.14 bits per heavy atom. The number of nitrogens with one attached hydrogen (secondary N) is 1. The second kappa shape index (κ2) is 5.38. The first-order valence-electron chi connectivity index (χ1n) is 5.55. The summed E-state index contributed by atoms with van der Waals surface area (Å²) >= 11 is 1.86. The summed E-state index contributed by atoms with van der Waals surface area (Å²) in [6.45, 7) is 7.43. The molecule has 0 bridgehead atoms. The van der Waals surface area contributed by atoms with Gasteiger partial charge in [0.15, 0.2) is 0 Å². The molecule has 2 atom stereocenters. The molecule has 14 heavy (non-hydrogen) atoms. The van der Waals surface area contributed by atoms with Crippen LogP contribution in [0.2, 0.25) is 0 Å². The molecule has 1 rings (SSSR count). The standard InChI is InChI=1S/C11H23NOS/c1-9(2)6-10(3)12-7-11(13)4-5-14-8-11/h9-10,12-13H,4-8H2,1-3H3. The first-order chi connectivity index (χ1) is 6.52. The summed E-state index contributed by atoms with van der Waals surface area (Å²) in [7, 11) is 0. The van der Waals surface area contributed by atoms with E-state index < -0.39 is 5.60 Å². The molecule has 1 saturated heterocycles. The molecular weight excluding hydrogens is 194 g/mol. The van der Waals surface area contributed by atoms with Crippen molar-refractivity contribution in [2.45, 2.75) is 45.3 Å². The maximum absolute atomic E-state index is 10.1. The van der Waals surface area contributed by atoms with E-state index in [0.29, 0.717) is 6.04 Å². The van der Waals surface area contributed by atoms with Crippen LogP contribution in [0.15, 0.2) is 0 Å². The maximum atomic E-state index is 10.1. The zero-order valence-corrected chi connectivity index (χ0v) is 10.4. The zero-order chi connectivity index (χ0) is 10.6. The molecule has 84 valence electrons. The van der Waals surface area contributed by atoms with Gasteiger partial charge in [0.05, 0.1) is 5.60 Å². The third-order valence-electron chi connectivity index (χ3n) is 2.69. The highest BCUT2D eigenvalue weighted by molar-refractivity contribution is 7.99. The quantitative estimate of drug-likeness (QED) is 0.737. The molecule has 2 unspecified atom stereocenters. The lowest BCUT2D eigenvalue weighted by atomic mass is 10.0. The summed E-state index contributed by atoms with van der Waals surface area (Å²) in [5.41, 5.74) is -0.435. The van der Waals surface area contributed by atoms with Crippen LogP contribution in [0, 0.1) is 5.92 Å². The fraction of sp³-hybridized carbons (Fsp3) is 1.00. The predicted molar refractivity (Wildman–Crippen MR) is 63.8 cm³/mol. The van der Waals surface area contributed by atoms with Crippen LogP contribution in [0.5, 0.6) is 0 Å². The summed E-state index contributed by atoms with van der Waals surface area (Å²) in [5.74, 6) is 2.73. The van der Waals surface area contributed by atoms with Crippen LogP contribution in [0.4, 0.5) is 0 Å². The minimum atomic E-state index is -0.435. The lowest BCUT2D eigenvalue weighted by molar-refractivity contribution is 0.0644. The van der Waals surface area contributed by atoms with Gasteiger partial charge in [-0.25, -0.2) is 0 Å². The van der Waals surface area contributed by atoms with Gasteiger partial charge in [-0.15, -0.1) is 0 Å². The van der Waals surface area contributed by atoms with Crippen molar-refractivity contribution in [3.8, 4) is 0 Å². The van der Waals surface area contributed by atoms with Crippen molar-refractivity contribution in [2.24, 2.45) is 5.92 Å². The van der Waals surface area contributed by atoms with E-state index >= 15 is 0 Å². The summed E-state index contributed by atoms with van der Waals surface area (Å²) in [5, 5.41) is 13.5. The van der Waals surface area contributed by atoms with Crippen LogP contribution in [0.1, 0.15) is 33.6 Å². The lowest BCUT2D eigenvalue weighted by Gasteiger charge is -2.25. The van der Waals surface area contributed by atoms with Crippen LogP contribution in [-0.4, -0.2) is 34.8 Å². The molecule has 2 N–H and O–H groups in total.